The largest absolute Gasteiger partial charge is 0.484 e. The maximum absolute atomic E-state index is 12.7. The Bertz CT molecular complexity index is 1020. The summed E-state index contributed by atoms with van der Waals surface area (Å²) in [6.07, 6.45) is 0.302. The number of morpholine rings is 1. The van der Waals surface area contributed by atoms with Crippen molar-refractivity contribution in [3.8, 4) is 16.2 Å². The molecule has 2 heterocycles. The van der Waals surface area contributed by atoms with Crippen LogP contribution in [-0.2, 0) is 20.7 Å². The minimum atomic E-state index is -1.26. The first kappa shape index (κ1) is 21.1. The number of nitrogens with two attached hydrogens (primary N) is 1. The number of para-hydroxylation sites is 1. The number of primary amides is 1. The topological polar surface area (TPSA) is 81.9 Å². The van der Waals surface area contributed by atoms with Crippen molar-refractivity contribution in [3.63, 3.8) is 0 Å². The molecule has 160 valence electrons. The summed E-state index contributed by atoms with van der Waals surface area (Å²) in [5.74, 6) is -0.154. The standard InChI is InChI=1S/C24H24N2O4S/c25-23(28)24(15-18-8-10-19(11-9-18)21-7-4-14-31-21)17-26(12-13-30-24)22(27)16-29-20-5-2-1-3-6-20/h1-11,14H,12-13,15-17H2,(H2,25,28)/t24-/m0/s1. The van der Waals surface area contributed by atoms with Crippen LogP contribution in [0.2, 0.25) is 0 Å². The molecular formula is C24H24N2O4S. The average Bonchev–Trinajstić information content (AvgIpc) is 3.34. The second kappa shape index (κ2) is 9.32. The second-order valence-electron chi connectivity index (χ2n) is 7.48. The summed E-state index contributed by atoms with van der Waals surface area (Å²) in [5.41, 5.74) is 6.54. The van der Waals surface area contributed by atoms with E-state index in [2.05, 4.69) is 6.07 Å². The Morgan fingerprint density at radius 1 is 1.06 bits per heavy atom. The molecule has 1 atom stereocenters. The number of hydrogen-bond donors (Lipinski definition) is 1. The number of benzene rings is 2. The molecule has 31 heavy (non-hydrogen) atoms. The molecule has 3 aromatic rings. The Labute approximate surface area is 185 Å². The quantitative estimate of drug-likeness (QED) is 0.617. The van der Waals surface area contributed by atoms with Gasteiger partial charge in [0.05, 0.1) is 13.2 Å². The Kier molecular flexibility index (Phi) is 6.34. The van der Waals surface area contributed by atoms with Gasteiger partial charge in [-0.25, -0.2) is 0 Å². The van der Waals surface area contributed by atoms with Gasteiger partial charge < -0.3 is 20.1 Å². The van der Waals surface area contributed by atoms with Crippen molar-refractivity contribution < 1.29 is 19.1 Å². The van der Waals surface area contributed by atoms with E-state index < -0.39 is 11.5 Å². The van der Waals surface area contributed by atoms with Crippen molar-refractivity contribution in [1.29, 1.82) is 0 Å². The van der Waals surface area contributed by atoms with Crippen LogP contribution in [0.15, 0.2) is 72.1 Å². The molecule has 0 aliphatic carbocycles. The van der Waals surface area contributed by atoms with E-state index in [0.29, 0.717) is 18.7 Å². The van der Waals surface area contributed by atoms with Crippen molar-refractivity contribution >= 4 is 23.2 Å². The van der Waals surface area contributed by atoms with E-state index in [9.17, 15) is 9.59 Å². The molecule has 0 bridgehead atoms. The molecule has 0 saturated carbocycles. The predicted octanol–water partition coefficient (Wildman–Crippen LogP) is 3.12. The molecule has 1 aliphatic heterocycles. The fraction of sp³-hybridized carbons (Fsp3) is 0.250. The fourth-order valence-electron chi connectivity index (χ4n) is 3.65. The number of hydrogen-bond acceptors (Lipinski definition) is 5. The summed E-state index contributed by atoms with van der Waals surface area (Å²) < 4.78 is 11.4. The van der Waals surface area contributed by atoms with Gasteiger partial charge in [-0.3, -0.25) is 9.59 Å². The number of thiophene rings is 1. The molecule has 1 aromatic heterocycles. The lowest BCUT2D eigenvalue weighted by Crippen LogP contribution is -2.61. The van der Waals surface area contributed by atoms with Crippen LogP contribution in [0.25, 0.3) is 10.4 Å². The number of carbonyl (C=O) groups is 2. The van der Waals surface area contributed by atoms with Gasteiger partial charge >= 0.3 is 0 Å². The van der Waals surface area contributed by atoms with Gasteiger partial charge in [-0.2, -0.15) is 0 Å². The highest BCUT2D eigenvalue weighted by molar-refractivity contribution is 7.13. The Hall–Kier alpha value is -3.16. The molecule has 2 amide bonds. The van der Waals surface area contributed by atoms with E-state index in [-0.39, 0.29) is 25.7 Å². The van der Waals surface area contributed by atoms with Crippen LogP contribution >= 0.6 is 11.3 Å². The van der Waals surface area contributed by atoms with Crippen molar-refractivity contribution in [2.45, 2.75) is 12.0 Å². The highest BCUT2D eigenvalue weighted by atomic mass is 32.1. The van der Waals surface area contributed by atoms with Crippen molar-refractivity contribution in [1.82, 2.24) is 4.90 Å². The lowest BCUT2D eigenvalue weighted by molar-refractivity contribution is -0.164. The average molecular weight is 437 g/mol. The van der Waals surface area contributed by atoms with Crippen molar-refractivity contribution in [2.75, 3.05) is 26.3 Å². The first-order chi connectivity index (χ1) is 15.1. The molecule has 2 aromatic carbocycles. The minimum absolute atomic E-state index is 0.103. The molecule has 1 aliphatic rings. The van der Waals surface area contributed by atoms with Crippen LogP contribution in [-0.4, -0.2) is 48.6 Å². The molecule has 0 radical (unpaired) electrons. The number of amides is 2. The molecule has 6 nitrogen and oxygen atoms in total. The fourth-order valence-corrected chi connectivity index (χ4v) is 4.39. The molecule has 7 heteroatoms. The van der Waals surface area contributed by atoms with E-state index in [1.165, 1.54) is 4.88 Å². The van der Waals surface area contributed by atoms with E-state index >= 15 is 0 Å². The van der Waals surface area contributed by atoms with Crippen LogP contribution in [0.3, 0.4) is 0 Å². The summed E-state index contributed by atoms with van der Waals surface area (Å²) in [4.78, 5) is 27.9. The van der Waals surface area contributed by atoms with Gasteiger partial charge in [-0.1, -0.05) is 48.5 Å². The lowest BCUT2D eigenvalue weighted by atomic mass is 9.91. The van der Waals surface area contributed by atoms with Gasteiger partial charge in [0.1, 0.15) is 5.75 Å². The zero-order chi connectivity index (χ0) is 21.7. The first-order valence-electron chi connectivity index (χ1n) is 10.1. The highest BCUT2D eigenvalue weighted by Crippen LogP contribution is 2.28. The summed E-state index contributed by atoms with van der Waals surface area (Å²) >= 11 is 1.67. The summed E-state index contributed by atoms with van der Waals surface area (Å²) in [6, 6.07) is 21.2. The maximum atomic E-state index is 12.7. The van der Waals surface area contributed by atoms with Crippen LogP contribution in [0.5, 0.6) is 5.75 Å². The second-order valence-corrected chi connectivity index (χ2v) is 8.42. The van der Waals surface area contributed by atoms with Gasteiger partial charge in [0.25, 0.3) is 11.8 Å². The normalized spacial score (nSPS) is 18.5. The molecule has 1 fully saturated rings. The lowest BCUT2D eigenvalue weighted by Gasteiger charge is -2.40. The predicted molar refractivity (Wildman–Crippen MR) is 120 cm³/mol. The van der Waals surface area contributed by atoms with Gasteiger partial charge in [-0.15, -0.1) is 11.3 Å². The molecule has 2 N–H and O–H groups in total. The zero-order valence-corrected chi connectivity index (χ0v) is 17.8. The molecule has 0 spiro atoms. The van der Waals surface area contributed by atoms with Gasteiger partial charge in [0.15, 0.2) is 12.2 Å². The van der Waals surface area contributed by atoms with E-state index in [1.54, 1.807) is 28.4 Å². The Morgan fingerprint density at radius 3 is 2.52 bits per heavy atom. The van der Waals surface area contributed by atoms with E-state index in [0.717, 1.165) is 11.1 Å². The van der Waals surface area contributed by atoms with Crippen LogP contribution < -0.4 is 10.5 Å². The summed E-state index contributed by atoms with van der Waals surface area (Å²) in [5, 5.41) is 2.04. The van der Waals surface area contributed by atoms with Gasteiger partial charge in [0, 0.05) is 17.8 Å². The van der Waals surface area contributed by atoms with Gasteiger partial charge in [0.2, 0.25) is 0 Å². The third kappa shape index (κ3) is 4.95. The van der Waals surface area contributed by atoms with Crippen LogP contribution in [0.1, 0.15) is 5.56 Å². The summed E-state index contributed by atoms with van der Waals surface area (Å²) in [6.45, 7) is 0.636. The number of ether oxygens (including phenoxy) is 2. The van der Waals surface area contributed by atoms with Gasteiger partial charge in [-0.05, 0) is 34.7 Å². The third-order valence-electron chi connectivity index (χ3n) is 5.34. The summed E-state index contributed by atoms with van der Waals surface area (Å²) in [7, 11) is 0. The van der Waals surface area contributed by atoms with Crippen LogP contribution in [0.4, 0.5) is 0 Å². The SMILES string of the molecule is NC(=O)[C@]1(Cc2ccc(-c3cccs3)cc2)CN(C(=O)COc2ccccc2)CCO1. The zero-order valence-electron chi connectivity index (χ0n) is 17.0. The van der Waals surface area contributed by atoms with E-state index in [4.69, 9.17) is 15.2 Å². The van der Waals surface area contributed by atoms with Crippen LogP contribution in [0, 0.1) is 0 Å². The molecular weight excluding hydrogens is 412 g/mol. The van der Waals surface area contributed by atoms with E-state index in [1.807, 2.05) is 53.9 Å². The minimum Gasteiger partial charge on any atom is -0.484 e. The first-order valence-corrected chi connectivity index (χ1v) is 11.0. The molecule has 4 rings (SSSR count). The number of rotatable bonds is 7. The maximum Gasteiger partial charge on any atom is 0.260 e. The van der Waals surface area contributed by atoms with Crippen molar-refractivity contribution in [2.24, 2.45) is 5.73 Å². The Balaban J connectivity index is 1.44. The number of carbonyl (C=O) groups excluding carboxylic acids is 2. The van der Waals surface area contributed by atoms with Crippen molar-refractivity contribution in [3.05, 3.63) is 77.7 Å². The highest BCUT2D eigenvalue weighted by Gasteiger charge is 2.43. The smallest absolute Gasteiger partial charge is 0.260 e. The third-order valence-corrected chi connectivity index (χ3v) is 6.26. The monoisotopic (exact) mass is 436 g/mol. The molecule has 1 saturated heterocycles. The molecule has 0 unspecified atom stereocenters. The number of nitrogens with zero attached hydrogens (tertiary/aromatic N) is 1. The Morgan fingerprint density at radius 2 is 1.84 bits per heavy atom.